The van der Waals surface area contributed by atoms with Crippen LogP contribution >= 0.6 is 0 Å². The first kappa shape index (κ1) is 14.4. The van der Waals surface area contributed by atoms with Crippen molar-refractivity contribution in [3.05, 3.63) is 72.9 Å². The van der Waals surface area contributed by atoms with Gasteiger partial charge in [0.05, 0.1) is 18.1 Å². The molecule has 4 rings (SSSR count). The van der Waals surface area contributed by atoms with E-state index in [0.29, 0.717) is 0 Å². The number of nitrogens with zero attached hydrogens (tertiary/aromatic N) is 3. The standard InChI is InChI=1S/C19H17N5/c1-2-6-17-16(5-1)14(11-23-17)7-9-22-19-13-21-12-18(24-19)15-4-3-8-20-10-15/h1-6,8,10-13,23H,7,9H2,(H,22,24). The lowest BCUT2D eigenvalue weighted by atomic mass is 10.1. The average Bonchev–Trinajstić information content (AvgIpc) is 3.06. The van der Waals surface area contributed by atoms with E-state index in [1.807, 2.05) is 18.2 Å². The Labute approximate surface area is 139 Å². The predicted molar refractivity (Wildman–Crippen MR) is 95.8 cm³/mol. The summed E-state index contributed by atoms with van der Waals surface area (Å²) in [7, 11) is 0. The van der Waals surface area contributed by atoms with E-state index in [0.717, 1.165) is 30.0 Å². The van der Waals surface area contributed by atoms with Crippen LogP contribution in [0.5, 0.6) is 0 Å². The second-order valence-corrected chi connectivity index (χ2v) is 5.57. The fourth-order valence-electron chi connectivity index (χ4n) is 2.77. The van der Waals surface area contributed by atoms with Crippen molar-refractivity contribution in [3.8, 4) is 11.3 Å². The Balaban J connectivity index is 1.45. The summed E-state index contributed by atoms with van der Waals surface area (Å²) in [6.07, 6.45) is 10.0. The van der Waals surface area contributed by atoms with E-state index in [1.165, 1.54) is 16.5 Å². The average molecular weight is 315 g/mol. The van der Waals surface area contributed by atoms with Gasteiger partial charge in [0, 0.05) is 41.6 Å². The third-order valence-corrected chi connectivity index (χ3v) is 3.97. The SMILES string of the molecule is c1cncc(-c2cncc(NCCc3c[nH]c4ccccc34)n2)c1. The van der Waals surface area contributed by atoms with Crippen molar-refractivity contribution in [1.29, 1.82) is 0 Å². The summed E-state index contributed by atoms with van der Waals surface area (Å²) < 4.78 is 0. The number of benzene rings is 1. The number of anilines is 1. The molecule has 118 valence electrons. The van der Waals surface area contributed by atoms with E-state index in [2.05, 4.69) is 49.6 Å². The maximum absolute atomic E-state index is 4.60. The van der Waals surface area contributed by atoms with Gasteiger partial charge in [-0.2, -0.15) is 0 Å². The smallest absolute Gasteiger partial charge is 0.145 e. The number of nitrogens with one attached hydrogen (secondary N) is 2. The van der Waals surface area contributed by atoms with Gasteiger partial charge in [-0.3, -0.25) is 9.97 Å². The molecule has 0 bridgehead atoms. The second kappa shape index (κ2) is 6.50. The third kappa shape index (κ3) is 2.96. The van der Waals surface area contributed by atoms with E-state index in [-0.39, 0.29) is 0 Å². The molecular formula is C19H17N5. The predicted octanol–water partition coefficient (Wildman–Crippen LogP) is 3.67. The lowest BCUT2D eigenvalue weighted by molar-refractivity contribution is 1.01. The van der Waals surface area contributed by atoms with Gasteiger partial charge in [0.1, 0.15) is 5.82 Å². The summed E-state index contributed by atoms with van der Waals surface area (Å²) in [6, 6.07) is 12.2. The fourth-order valence-corrected chi connectivity index (χ4v) is 2.77. The molecule has 0 saturated heterocycles. The highest BCUT2D eigenvalue weighted by Crippen LogP contribution is 2.19. The molecule has 5 heteroatoms. The molecule has 0 fully saturated rings. The van der Waals surface area contributed by atoms with E-state index in [4.69, 9.17) is 0 Å². The number of aromatic nitrogens is 4. The highest BCUT2D eigenvalue weighted by atomic mass is 15.0. The minimum absolute atomic E-state index is 0.774. The fraction of sp³-hybridized carbons (Fsp3) is 0.105. The summed E-state index contributed by atoms with van der Waals surface area (Å²) in [5, 5.41) is 4.62. The zero-order chi connectivity index (χ0) is 16.2. The summed E-state index contributed by atoms with van der Waals surface area (Å²) in [5.41, 5.74) is 4.26. The number of pyridine rings is 1. The number of fused-ring (bicyclic) bond motifs is 1. The second-order valence-electron chi connectivity index (χ2n) is 5.57. The lowest BCUT2D eigenvalue weighted by Gasteiger charge is -2.06. The first-order chi connectivity index (χ1) is 11.9. The van der Waals surface area contributed by atoms with E-state index in [9.17, 15) is 0 Å². The van der Waals surface area contributed by atoms with Crippen LogP contribution in [0.25, 0.3) is 22.2 Å². The van der Waals surface area contributed by atoms with Crippen molar-refractivity contribution in [2.24, 2.45) is 0 Å². The van der Waals surface area contributed by atoms with Gasteiger partial charge in [0.2, 0.25) is 0 Å². The van der Waals surface area contributed by atoms with Crippen molar-refractivity contribution in [2.75, 3.05) is 11.9 Å². The number of hydrogen-bond acceptors (Lipinski definition) is 4. The molecule has 3 heterocycles. The molecule has 5 nitrogen and oxygen atoms in total. The Hall–Kier alpha value is -3.21. The normalized spacial score (nSPS) is 10.8. The van der Waals surface area contributed by atoms with Gasteiger partial charge in [-0.1, -0.05) is 18.2 Å². The van der Waals surface area contributed by atoms with Crippen LogP contribution in [0.1, 0.15) is 5.56 Å². The van der Waals surface area contributed by atoms with Gasteiger partial charge in [0.25, 0.3) is 0 Å². The summed E-state index contributed by atoms with van der Waals surface area (Å²) in [4.78, 5) is 16.3. The van der Waals surface area contributed by atoms with Gasteiger partial charge in [-0.25, -0.2) is 4.98 Å². The molecule has 0 amide bonds. The number of para-hydroxylation sites is 1. The van der Waals surface area contributed by atoms with E-state index in [1.54, 1.807) is 24.8 Å². The van der Waals surface area contributed by atoms with E-state index >= 15 is 0 Å². The minimum Gasteiger partial charge on any atom is -0.368 e. The van der Waals surface area contributed by atoms with Crippen LogP contribution in [0.2, 0.25) is 0 Å². The Kier molecular flexibility index (Phi) is 3.90. The van der Waals surface area contributed by atoms with Gasteiger partial charge < -0.3 is 10.3 Å². The highest BCUT2D eigenvalue weighted by molar-refractivity contribution is 5.83. The molecule has 0 aliphatic heterocycles. The molecule has 0 aliphatic carbocycles. The van der Waals surface area contributed by atoms with Crippen LogP contribution in [-0.2, 0) is 6.42 Å². The topological polar surface area (TPSA) is 66.5 Å². The van der Waals surface area contributed by atoms with E-state index < -0.39 is 0 Å². The molecule has 2 N–H and O–H groups in total. The van der Waals surface area contributed by atoms with Crippen LogP contribution < -0.4 is 5.32 Å². The molecule has 0 unspecified atom stereocenters. The number of H-pyrrole nitrogens is 1. The Morgan fingerprint density at radius 1 is 0.958 bits per heavy atom. The maximum Gasteiger partial charge on any atom is 0.145 e. The highest BCUT2D eigenvalue weighted by Gasteiger charge is 2.04. The molecule has 0 aliphatic rings. The van der Waals surface area contributed by atoms with Crippen molar-refractivity contribution in [2.45, 2.75) is 6.42 Å². The number of hydrogen-bond donors (Lipinski definition) is 2. The molecule has 3 aromatic heterocycles. The molecule has 24 heavy (non-hydrogen) atoms. The molecule has 1 aromatic carbocycles. The van der Waals surface area contributed by atoms with Crippen LogP contribution in [0.3, 0.4) is 0 Å². The first-order valence-corrected chi connectivity index (χ1v) is 7.91. The molecular weight excluding hydrogens is 298 g/mol. The van der Waals surface area contributed by atoms with Gasteiger partial charge in [-0.15, -0.1) is 0 Å². The molecule has 0 radical (unpaired) electrons. The van der Waals surface area contributed by atoms with Crippen LogP contribution in [0.4, 0.5) is 5.82 Å². The first-order valence-electron chi connectivity index (χ1n) is 7.91. The minimum atomic E-state index is 0.774. The quantitative estimate of drug-likeness (QED) is 0.589. The van der Waals surface area contributed by atoms with Crippen LogP contribution in [0.15, 0.2) is 67.4 Å². The van der Waals surface area contributed by atoms with Gasteiger partial charge >= 0.3 is 0 Å². The van der Waals surface area contributed by atoms with Crippen molar-refractivity contribution >= 4 is 16.7 Å². The summed E-state index contributed by atoms with van der Waals surface area (Å²) in [5.74, 6) is 0.774. The van der Waals surface area contributed by atoms with Gasteiger partial charge in [0.15, 0.2) is 0 Å². The van der Waals surface area contributed by atoms with Crippen molar-refractivity contribution in [3.63, 3.8) is 0 Å². The summed E-state index contributed by atoms with van der Waals surface area (Å²) in [6.45, 7) is 0.799. The largest absolute Gasteiger partial charge is 0.368 e. The Bertz CT molecular complexity index is 946. The molecule has 0 atom stereocenters. The van der Waals surface area contributed by atoms with Crippen LogP contribution in [-0.4, -0.2) is 26.5 Å². The zero-order valence-electron chi connectivity index (χ0n) is 13.1. The molecule has 0 saturated carbocycles. The molecule has 0 spiro atoms. The van der Waals surface area contributed by atoms with Crippen LogP contribution in [0, 0.1) is 0 Å². The van der Waals surface area contributed by atoms with Crippen molar-refractivity contribution < 1.29 is 0 Å². The van der Waals surface area contributed by atoms with Gasteiger partial charge in [-0.05, 0) is 30.2 Å². The summed E-state index contributed by atoms with van der Waals surface area (Å²) >= 11 is 0. The van der Waals surface area contributed by atoms with Crippen molar-refractivity contribution in [1.82, 2.24) is 19.9 Å². The third-order valence-electron chi connectivity index (χ3n) is 3.97. The monoisotopic (exact) mass is 315 g/mol. The Morgan fingerprint density at radius 2 is 1.92 bits per heavy atom. The lowest BCUT2D eigenvalue weighted by Crippen LogP contribution is -2.06. The molecule has 4 aromatic rings. The number of rotatable bonds is 5. The number of aromatic amines is 1. The Morgan fingerprint density at radius 3 is 2.83 bits per heavy atom. The maximum atomic E-state index is 4.60. The zero-order valence-corrected chi connectivity index (χ0v) is 13.1.